The van der Waals surface area contributed by atoms with E-state index in [4.69, 9.17) is 0 Å². The van der Waals surface area contributed by atoms with E-state index in [2.05, 4.69) is 42.7 Å². The summed E-state index contributed by atoms with van der Waals surface area (Å²) < 4.78 is 0. The topological polar surface area (TPSA) is 15.3 Å². The molecule has 106 valence electrons. The molecule has 2 rings (SSSR count). The van der Waals surface area contributed by atoms with Gasteiger partial charge in [0.25, 0.3) is 0 Å². The number of hydrogen-bond acceptors (Lipinski definition) is 3. The summed E-state index contributed by atoms with van der Waals surface area (Å²) in [5, 5.41) is 5.40. The van der Waals surface area contributed by atoms with Gasteiger partial charge in [-0.15, -0.1) is 0 Å². The number of hydrogen-bond donors (Lipinski definition) is 1. The molecule has 0 aromatic heterocycles. The van der Waals surface area contributed by atoms with Gasteiger partial charge in [0.1, 0.15) is 0 Å². The molecule has 3 heteroatoms. The van der Waals surface area contributed by atoms with Crippen molar-refractivity contribution < 1.29 is 0 Å². The van der Waals surface area contributed by atoms with Crippen molar-refractivity contribution in [1.29, 1.82) is 0 Å². The van der Waals surface area contributed by atoms with Crippen LogP contribution in [0.5, 0.6) is 0 Å². The van der Waals surface area contributed by atoms with E-state index < -0.39 is 0 Å². The number of thioether (sulfide) groups is 1. The highest BCUT2D eigenvalue weighted by Crippen LogP contribution is 2.25. The van der Waals surface area contributed by atoms with E-state index >= 15 is 0 Å². The lowest BCUT2D eigenvalue weighted by molar-refractivity contribution is 0.249. The largest absolute Gasteiger partial charge is 0.313 e. The minimum atomic E-state index is 0.794. The molecular formula is C15H30N2S. The highest BCUT2D eigenvalue weighted by Gasteiger charge is 2.22. The van der Waals surface area contributed by atoms with Crippen LogP contribution in [-0.4, -0.2) is 47.6 Å². The lowest BCUT2D eigenvalue weighted by Gasteiger charge is -2.35. The minimum absolute atomic E-state index is 0.794. The second-order valence-electron chi connectivity index (χ2n) is 6.44. The Hall–Kier alpha value is 0.270. The van der Waals surface area contributed by atoms with Crippen molar-refractivity contribution >= 4 is 11.8 Å². The van der Waals surface area contributed by atoms with Gasteiger partial charge in [-0.3, -0.25) is 4.90 Å². The van der Waals surface area contributed by atoms with Gasteiger partial charge in [-0.1, -0.05) is 33.6 Å². The molecule has 1 N–H and O–H groups in total. The summed E-state index contributed by atoms with van der Waals surface area (Å²) in [5.41, 5.74) is 0. The lowest BCUT2D eigenvalue weighted by Crippen LogP contribution is -2.45. The van der Waals surface area contributed by atoms with Crippen molar-refractivity contribution in [2.75, 3.05) is 26.2 Å². The van der Waals surface area contributed by atoms with Gasteiger partial charge in [0.05, 0.1) is 0 Å². The molecule has 18 heavy (non-hydrogen) atoms. The Balaban J connectivity index is 1.62. The van der Waals surface area contributed by atoms with Gasteiger partial charge in [-0.25, -0.2) is 0 Å². The maximum absolute atomic E-state index is 3.78. The molecule has 4 unspecified atom stereocenters. The fraction of sp³-hybridized carbons (Fsp3) is 1.00. The molecule has 0 bridgehead atoms. The maximum atomic E-state index is 3.78. The maximum Gasteiger partial charge on any atom is 0.0149 e. The first kappa shape index (κ1) is 14.7. The SMILES string of the molecule is CC1CCCC(NCCN2CC(C)SC(C)C2)C1. The number of nitrogens with zero attached hydrogens (tertiary/aromatic N) is 1. The van der Waals surface area contributed by atoms with Crippen LogP contribution in [0.15, 0.2) is 0 Å². The highest BCUT2D eigenvalue weighted by molar-refractivity contribution is 8.00. The summed E-state index contributed by atoms with van der Waals surface area (Å²) in [6.45, 7) is 12.1. The zero-order chi connectivity index (χ0) is 13.0. The van der Waals surface area contributed by atoms with Gasteiger partial charge in [0.15, 0.2) is 0 Å². The van der Waals surface area contributed by atoms with E-state index in [1.165, 1.54) is 51.9 Å². The monoisotopic (exact) mass is 270 g/mol. The van der Waals surface area contributed by atoms with E-state index in [9.17, 15) is 0 Å². The molecule has 1 heterocycles. The van der Waals surface area contributed by atoms with Crippen molar-refractivity contribution in [3.05, 3.63) is 0 Å². The van der Waals surface area contributed by atoms with Gasteiger partial charge in [-0.05, 0) is 18.8 Å². The zero-order valence-corrected chi connectivity index (χ0v) is 13.1. The second-order valence-corrected chi connectivity index (χ2v) is 8.32. The molecule has 0 amide bonds. The van der Waals surface area contributed by atoms with Gasteiger partial charge in [0, 0.05) is 42.7 Å². The molecule has 1 saturated heterocycles. The third-order valence-electron chi connectivity index (χ3n) is 4.29. The van der Waals surface area contributed by atoms with E-state index in [0.717, 1.165) is 22.5 Å². The quantitative estimate of drug-likeness (QED) is 0.845. The van der Waals surface area contributed by atoms with Crippen molar-refractivity contribution in [3.63, 3.8) is 0 Å². The Morgan fingerprint density at radius 3 is 2.50 bits per heavy atom. The van der Waals surface area contributed by atoms with Crippen molar-refractivity contribution in [1.82, 2.24) is 10.2 Å². The minimum Gasteiger partial charge on any atom is -0.313 e. The first-order valence-corrected chi connectivity index (χ1v) is 8.69. The zero-order valence-electron chi connectivity index (χ0n) is 12.3. The Bertz CT molecular complexity index is 237. The fourth-order valence-electron chi connectivity index (χ4n) is 3.51. The Morgan fingerprint density at radius 1 is 1.11 bits per heavy atom. The van der Waals surface area contributed by atoms with Gasteiger partial charge in [-0.2, -0.15) is 11.8 Å². The molecule has 4 atom stereocenters. The van der Waals surface area contributed by atoms with Crippen LogP contribution in [0, 0.1) is 5.92 Å². The summed E-state index contributed by atoms with van der Waals surface area (Å²) in [5.74, 6) is 0.933. The lowest BCUT2D eigenvalue weighted by atomic mass is 9.87. The van der Waals surface area contributed by atoms with Crippen LogP contribution in [0.4, 0.5) is 0 Å². The summed E-state index contributed by atoms with van der Waals surface area (Å²) in [6.07, 6.45) is 5.65. The third-order valence-corrected chi connectivity index (χ3v) is 5.52. The van der Waals surface area contributed by atoms with Crippen LogP contribution in [0.2, 0.25) is 0 Å². The molecule has 2 nitrogen and oxygen atoms in total. The third kappa shape index (κ3) is 4.75. The van der Waals surface area contributed by atoms with Crippen LogP contribution in [0.3, 0.4) is 0 Å². The smallest absolute Gasteiger partial charge is 0.0149 e. The standard InChI is InChI=1S/C15H30N2S/c1-12-5-4-6-15(9-12)16-7-8-17-10-13(2)18-14(3)11-17/h12-16H,4-11H2,1-3H3. The molecule has 0 aromatic carbocycles. The molecule has 0 radical (unpaired) electrons. The first-order valence-electron chi connectivity index (χ1n) is 7.74. The van der Waals surface area contributed by atoms with E-state index in [1.807, 2.05) is 0 Å². The first-order chi connectivity index (χ1) is 8.63. The molecule has 1 saturated carbocycles. The molecule has 1 aliphatic carbocycles. The molecule has 2 fully saturated rings. The van der Waals surface area contributed by atoms with E-state index in [1.54, 1.807) is 0 Å². The molecule has 0 spiro atoms. The average Bonchev–Trinajstić information content (AvgIpc) is 2.27. The Kier molecular flexibility index (Phi) is 5.84. The fourth-order valence-corrected chi connectivity index (χ4v) is 4.90. The molecular weight excluding hydrogens is 240 g/mol. The average molecular weight is 270 g/mol. The summed E-state index contributed by atoms with van der Waals surface area (Å²) in [7, 11) is 0. The highest BCUT2D eigenvalue weighted by atomic mass is 32.2. The van der Waals surface area contributed by atoms with Crippen LogP contribution in [0.1, 0.15) is 46.5 Å². The normalized spacial score (nSPS) is 38.8. The molecule has 0 aromatic rings. The summed E-state index contributed by atoms with van der Waals surface area (Å²) >= 11 is 2.14. The van der Waals surface area contributed by atoms with E-state index in [-0.39, 0.29) is 0 Å². The van der Waals surface area contributed by atoms with Crippen LogP contribution in [-0.2, 0) is 0 Å². The van der Waals surface area contributed by atoms with Crippen molar-refractivity contribution in [3.8, 4) is 0 Å². The van der Waals surface area contributed by atoms with Gasteiger partial charge >= 0.3 is 0 Å². The van der Waals surface area contributed by atoms with Crippen LogP contribution < -0.4 is 5.32 Å². The summed E-state index contributed by atoms with van der Waals surface area (Å²) in [4.78, 5) is 2.64. The van der Waals surface area contributed by atoms with E-state index in [0.29, 0.717) is 0 Å². The predicted octanol–water partition coefficient (Wildman–Crippen LogP) is 2.98. The number of nitrogens with one attached hydrogen (secondary N) is 1. The van der Waals surface area contributed by atoms with Crippen LogP contribution in [0.25, 0.3) is 0 Å². The van der Waals surface area contributed by atoms with Crippen LogP contribution >= 0.6 is 11.8 Å². The molecule has 1 aliphatic heterocycles. The Morgan fingerprint density at radius 2 is 1.83 bits per heavy atom. The predicted molar refractivity (Wildman–Crippen MR) is 82.4 cm³/mol. The van der Waals surface area contributed by atoms with Crippen molar-refractivity contribution in [2.24, 2.45) is 5.92 Å². The van der Waals surface area contributed by atoms with Crippen molar-refractivity contribution in [2.45, 2.75) is 63.0 Å². The number of rotatable bonds is 4. The van der Waals surface area contributed by atoms with Gasteiger partial charge < -0.3 is 5.32 Å². The second kappa shape index (κ2) is 7.16. The summed E-state index contributed by atoms with van der Waals surface area (Å²) in [6, 6.07) is 0.794. The molecule has 2 aliphatic rings. The van der Waals surface area contributed by atoms with Gasteiger partial charge in [0.2, 0.25) is 0 Å². The Labute approximate surface area is 117 Å².